The Bertz CT molecular complexity index is 288. The van der Waals surface area contributed by atoms with Crippen molar-refractivity contribution in [3.63, 3.8) is 0 Å². The number of hydrogen-bond acceptors (Lipinski definition) is 4. The van der Waals surface area contributed by atoms with Gasteiger partial charge in [-0.15, -0.1) is 6.58 Å². The molecule has 1 heterocycles. The van der Waals surface area contributed by atoms with Crippen molar-refractivity contribution in [3.8, 4) is 0 Å². The smallest absolute Gasteiger partial charge is 0.129 e. The lowest BCUT2D eigenvalue weighted by molar-refractivity contribution is 0.201. The van der Waals surface area contributed by atoms with E-state index >= 15 is 0 Å². The molecule has 0 saturated heterocycles. The fourth-order valence-electron chi connectivity index (χ4n) is 1.01. The second-order valence-electron chi connectivity index (χ2n) is 2.81. The number of methoxy groups -OCH3 is 1. The first kappa shape index (κ1) is 10.7. The first-order valence-electron chi connectivity index (χ1n) is 4.51. The zero-order valence-electron chi connectivity index (χ0n) is 8.36. The maximum atomic E-state index is 4.97. The summed E-state index contributed by atoms with van der Waals surface area (Å²) in [4.78, 5) is 8.20. The fraction of sp³-hybridized carbons (Fsp3) is 0.400. The molecule has 0 amide bonds. The quantitative estimate of drug-likeness (QED) is 0.691. The highest BCUT2D eigenvalue weighted by Crippen LogP contribution is 2.04. The van der Waals surface area contributed by atoms with Crippen LogP contribution in [0.15, 0.2) is 25.0 Å². The predicted molar refractivity (Wildman–Crippen MR) is 56.3 cm³/mol. The molecule has 0 aliphatic heterocycles. The molecule has 0 spiro atoms. The highest BCUT2D eigenvalue weighted by molar-refractivity contribution is 5.35. The molecule has 4 nitrogen and oxygen atoms in total. The van der Waals surface area contributed by atoms with Crippen LogP contribution < -0.4 is 5.32 Å². The van der Waals surface area contributed by atoms with Crippen LogP contribution in [0, 0.1) is 0 Å². The number of nitrogens with zero attached hydrogens (tertiary/aromatic N) is 2. The maximum Gasteiger partial charge on any atom is 0.129 e. The Morgan fingerprint density at radius 2 is 2.43 bits per heavy atom. The third-order valence-electron chi connectivity index (χ3n) is 1.71. The van der Waals surface area contributed by atoms with Gasteiger partial charge in [-0.1, -0.05) is 6.08 Å². The summed E-state index contributed by atoms with van der Waals surface area (Å²) >= 11 is 0. The Morgan fingerprint density at radius 3 is 3.14 bits per heavy atom. The Morgan fingerprint density at radius 1 is 1.57 bits per heavy atom. The van der Waals surface area contributed by atoms with Gasteiger partial charge in [0.05, 0.1) is 6.61 Å². The van der Waals surface area contributed by atoms with Crippen molar-refractivity contribution in [2.24, 2.45) is 0 Å². The number of nitrogens with one attached hydrogen (secondary N) is 1. The van der Waals surface area contributed by atoms with Crippen LogP contribution in [0.4, 0.5) is 5.82 Å². The third kappa shape index (κ3) is 3.53. The average Bonchev–Trinajstić information content (AvgIpc) is 2.24. The lowest BCUT2D eigenvalue weighted by Gasteiger charge is -2.04. The van der Waals surface area contributed by atoms with Gasteiger partial charge in [-0.2, -0.15) is 0 Å². The van der Waals surface area contributed by atoms with Crippen LogP contribution in [-0.4, -0.2) is 30.2 Å². The van der Waals surface area contributed by atoms with E-state index < -0.39 is 0 Å². The Balaban J connectivity index is 2.54. The number of anilines is 1. The third-order valence-corrected chi connectivity index (χ3v) is 1.71. The molecule has 0 unspecified atom stereocenters. The molecule has 4 heteroatoms. The minimum absolute atomic E-state index is 0.678. The fourth-order valence-corrected chi connectivity index (χ4v) is 1.01. The van der Waals surface area contributed by atoms with Gasteiger partial charge in [0.15, 0.2) is 0 Å². The van der Waals surface area contributed by atoms with Gasteiger partial charge in [0.1, 0.15) is 12.1 Å². The van der Waals surface area contributed by atoms with Crippen molar-refractivity contribution in [3.05, 3.63) is 30.7 Å². The molecule has 1 N–H and O–H groups in total. The summed E-state index contributed by atoms with van der Waals surface area (Å²) in [5.74, 6) is 0.825. The summed E-state index contributed by atoms with van der Waals surface area (Å²) < 4.78 is 4.97. The largest absolute Gasteiger partial charge is 0.384 e. The zero-order valence-corrected chi connectivity index (χ0v) is 8.36. The number of aromatic nitrogens is 2. The second kappa shape index (κ2) is 6.10. The lowest BCUT2D eigenvalue weighted by Crippen LogP contribution is -2.03. The molecule has 0 aromatic carbocycles. The van der Waals surface area contributed by atoms with Gasteiger partial charge in [-0.25, -0.2) is 9.97 Å². The van der Waals surface area contributed by atoms with E-state index in [1.807, 2.05) is 6.07 Å². The predicted octanol–water partition coefficient (Wildman–Crippen LogP) is 1.26. The molecule has 14 heavy (non-hydrogen) atoms. The zero-order chi connectivity index (χ0) is 10.2. The Hall–Kier alpha value is -1.42. The number of rotatable bonds is 6. The highest BCUT2D eigenvalue weighted by atomic mass is 16.5. The molecular formula is C10H15N3O. The summed E-state index contributed by atoms with van der Waals surface area (Å²) in [7, 11) is 1.68. The van der Waals surface area contributed by atoms with E-state index in [2.05, 4.69) is 21.9 Å². The summed E-state index contributed by atoms with van der Waals surface area (Å²) in [5, 5.41) is 3.10. The van der Waals surface area contributed by atoms with E-state index in [0.717, 1.165) is 17.9 Å². The van der Waals surface area contributed by atoms with E-state index in [1.165, 1.54) is 0 Å². The minimum atomic E-state index is 0.678. The summed E-state index contributed by atoms with van der Waals surface area (Å²) in [6.07, 6.45) is 4.15. The molecular weight excluding hydrogens is 178 g/mol. The van der Waals surface area contributed by atoms with E-state index in [9.17, 15) is 0 Å². The van der Waals surface area contributed by atoms with Crippen molar-refractivity contribution in [1.29, 1.82) is 0 Å². The van der Waals surface area contributed by atoms with Crippen LogP contribution in [0.25, 0.3) is 0 Å². The van der Waals surface area contributed by atoms with Gasteiger partial charge in [0, 0.05) is 31.8 Å². The minimum Gasteiger partial charge on any atom is -0.384 e. The van der Waals surface area contributed by atoms with Crippen molar-refractivity contribution in [2.45, 2.75) is 6.42 Å². The molecule has 0 atom stereocenters. The van der Waals surface area contributed by atoms with Gasteiger partial charge in [0.2, 0.25) is 0 Å². The van der Waals surface area contributed by atoms with Gasteiger partial charge in [0.25, 0.3) is 0 Å². The van der Waals surface area contributed by atoms with E-state index in [-0.39, 0.29) is 0 Å². The molecule has 0 aliphatic carbocycles. The van der Waals surface area contributed by atoms with Crippen LogP contribution in [0.2, 0.25) is 0 Å². The summed E-state index contributed by atoms with van der Waals surface area (Å²) in [5.41, 5.74) is 0.980. The summed E-state index contributed by atoms with van der Waals surface area (Å²) in [6.45, 7) is 5.01. The molecule has 1 rings (SSSR count). The first-order chi connectivity index (χ1) is 6.86. The van der Waals surface area contributed by atoms with Crippen LogP contribution >= 0.6 is 0 Å². The highest BCUT2D eigenvalue weighted by Gasteiger charge is 1.97. The normalized spacial score (nSPS) is 9.79. The number of hydrogen-bond donors (Lipinski definition) is 1. The van der Waals surface area contributed by atoms with E-state index in [1.54, 1.807) is 19.5 Å². The standard InChI is InChI=1S/C10H15N3O/c1-3-5-11-10-7-9(4-6-14-2)12-8-13-10/h3,7-8H,1,4-6H2,2H3,(H,11,12,13). The molecule has 76 valence electrons. The van der Waals surface area contributed by atoms with Gasteiger partial charge in [-0.3, -0.25) is 0 Å². The monoisotopic (exact) mass is 193 g/mol. The second-order valence-corrected chi connectivity index (χ2v) is 2.81. The van der Waals surface area contributed by atoms with Crippen LogP contribution in [0.3, 0.4) is 0 Å². The molecule has 1 aromatic rings. The van der Waals surface area contributed by atoms with E-state index in [4.69, 9.17) is 4.74 Å². The van der Waals surface area contributed by atoms with Gasteiger partial charge < -0.3 is 10.1 Å². The van der Waals surface area contributed by atoms with Gasteiger partial charge in [-0.05, 0) is 0 Å². The van der Waals surface area contributed by atoms with E-state index in [0.29, 0.717) is 13.2 Å². The molecule has 0 fully saturated rings. The van der Waals surface area contributed by atoms with Crippen LogP contribution in [-0.2, 0) is 11.2 Å². The van der Waals surface area contributed by atoms with Crippen molar-refractivity contribution >= 4 is 5.82 Å². The SMILES string of the molecule is C=CCNc1cc(CCOC)ncn1. The Kier molecular flexibility index (Phi) is 4.64. The first-order valence-corrected chi connectivity index (χ1v) is 4.51. The molecule has 0 saturated carbocycles. The summed E-state index contributed by atoms with van der Waals surface area (Å²) in [6, 6.07) is 1.92. The maximum absolute atomic E-state index is 4.97. The topological polar surface area (TPSA) is 47.0 Å². The van der Waals surface area contributed by atoms with Gasteiger partial charge >= 0.3 is 0 Å². The molecule has 0 bridgehead atoms. The van der Waals surface area contributed by atoms with Crippen molar-refractivity contribution in [1.82, 2.24) is 9.97 Å². The Labute approximate surface area is 84.0 Å². The van der Waals surface area contributed by atoms with Crippen molar-refractivity contribution < 1.29 is 4.74 Å². The number of ether oxygens (including phenoxy) is 1. The molecule has 1 aromatic heterocycles. The molecule has 0 aliphatic rings. The van der Waals surface area contributed by atoms with Crippen LogP contribution in [0.5, 0.6) is 0 Å². The van der Waals surface area contributed by atoms with Crippen LogP contribution in [0.1, 0.15) is 5.69 Å². The molecule has 0 radical (unpaired) electrons. The average molecular weight is 193 g/mol. The van der Waals surface area contributed by atoms with Crippen molar-refractivity contribution in [2.75, 3.05) is 25.6 Å². The lowest BCUT2D eigenvalue weighted by atomic mass is 10.3.